The van der Waals surface area contributed by atoms with E-state index in [2.05, 4.69) is 27.4 Å². The van der Waals surface area contributed by atoms with Gasteiger partial charge in [-0.05, 0) is 25.9 Å². The SMILES string of the molecule is CCN1CCN(CCC(=O)NC2CCCNC2)CC1.Cl.Cl. The van der Waals surface area contributed by atoms with Gasteiger partial charge >= 0.3 is 0 Å². The summed E-state index contributed by atoms with van der Waals surface area (Å²) >= 11 is 0. The number of carbonyl (C=O) groups is 1. The lowest BCUT2D eigenvalue weighted by Gasteiger charge is -2.34. The van der Waals surface area contributed by atoms with Crippen molar-refractivity contribution >= 4 is 30.7 Å². The first-order valence-electron chi connectivity index (χ1n) is 7.72. The average Bonchev–Trinajstić information content (AvgIpc) is 2.47. The Hall–Kier alpha value is -0.0700. The first-order valence-corrected chi connectivity index (χ1v) is 7.72. The van der Waals surface area contributed by atoms with E-state index in [0.717, 1.165) is 58.8 Å². The molecule has 7 heteroatoms. The van der Waals surface area contributed by atoms with E-state index in [9.17, 15) is 4.79 Å². The monoisotopic (exact) mass is 340 g/mol. The first kappa shape index (κ1) is 20.9. The second-order valence-corrected chi connectivity index (χ2v) is 5.64. The van der Waals surface area contributed by atoms with Crippen LogP contribution >= 0.6 is 24.8 Å². The van der Waals surface area contributed by atoms with E-state index in [0.29, 0.717) is 12.5 Å². The molecule has 2 aliphatic rings. The molecule has 21 heavy (non-hydrogen) atoms. The van der Waals surface area contributed by atoms with Gasteiger partial charge in [0.05, 0.1) is 0 Å². The molecule has 0 bridgehead atoms. The molecule has 126 valence electrons. The van der Waals surface area contributed by atoms with Crippen LogP contribution in [0.4, 0.5) is 0 Å². The molecule has 2 aliphatic heterocycles. The number of carbonyl (C=O) groups excluding carboxylic acids is 1. The highest BCUT2D eigenvalue weighted by atomic mass is 35.5. The molecule has 1 atom stereocenters. The molecule has 0 saturated carbocycles. The number of piperazine rings is 1. The maximum Gasteiger partial charge on any atom is 0.221 e. The molecule has 1 unspecified atom stereocenters. The van der Waals surface area contributed by atoms with Crippen LogP contribution in [0.1, 0.15) is 26.2 Å². The molecule has 0 spiro atoms. The van der Waals surface area contributed by atoms with Crippen molar-refractivity contribution in [1.82, 2.24) is 20.4 Å². The van der Waals surface area contributed by atoms with Crippen LogP contribution < -0.4 is 10.6 Å². The number of halogens is 2. The van der Waals surface area contributed by atoms with Crippen LogP contribution in [0, 0.1) is 0 Å². The van der Waals surface area contributed by atoms with E-state index in [-0.39, 0.29) is 30.7 Å². The Kier molecular flexibility index (Phi) is 11.5. The molecular weight excluding hydrogens is 311 g/mol. The molecule has 2 fully saturated rings. The van der Waals surface area contributed by atoms with E-state index in [1.54, 1.807) is 0 Å². The summed E-state index contributed by atoms with van der Waals surface area (Å²) in [4.78, 5) is 16.8. The van der Waals surface area contributed by atoms with Crippen molar-refractivity contribution in [1.29, 1.82) is 0 Å². The number of rotatable bonds is 5. The quantitative estimate of drug-likeness (QED) is 0.774. The minimum atomic E-state index is 0. The van der Waals surface area contributed by atoms with E-state index >= 15 is 0 Å². The number of likely N-dealkylation sites (N-methyl/N-ethyl adjacent to an activating group) is 1. The summed E-state index contributed by atoms with van der Waals surface area (Å²) in [5.74, 6) is 0.214. The van der Waals surface area contributed by atoms with Crippen LogP contribution in [-0.4, -0.2) is 74.1 Å². The van der Waals surface area contributed by atoms with E-state index in [1.165, 1.54) is 6.42 Å². The zero-order valence-electron chi connectivity index (χ0n) is 13.0. The summed E-state index contributed by atoms with van der Waals surface area (Å²) < 4.78 is 0. The highest BCUT2D eigenvalue weighted by molar-refractivity contribution is 5.85. The molecule has 2 N–H and O–H groups in total. The largest absolute Gasteiger partial charge is 0.352 e. The van der Waals surface area contributed by atoms with Crippen molar-refractivity contribution in [3.05, 3.63) is 0 Å². The lowest BCUT2D eigenvalue weighted by atomic mass is 10.1. The lowest BCUT2D eigenvalue weighted by molar-refractivity contribution is -0.122. The number of hydrogen-bond acceptors (Lipinski definition) is 4. The van der Waals surface area contributed by atoms with Crippen LogP contribution in [0.3, 0.4) is 0 Å². The summed E-state index contributed by atoms with van der Waals surface area (Å²) in [6.07, 6.45) is 2.93. The van der Waals surface area contributed by atoms with Gasteiger partial charge in [0, 0.05) is 51.7 Å². The minimum absolute atomic E-state index is 0. The Bertz CT molecular complexity index is 280. The average molecular weight is 341 g/mol. The van der Waals surface area contributed by atoms with Crippen molar-refractivity contribution in [2.75, 3.05) is 52.4 Å². The van der Waals surface area contributed by atoms with Gasteiger partial charge in [-0.25, -0.2) is 0 Å². The maximum atomic E-state index is 11.9. The fraction of sp³-hybridized carbons (Fsp3) is 0.929. The van der Waals surface area contributed by atoms with Gasteiger partial charge in [0.2, 0.25) is 5.91 Å². The molecule has 5 nitrogen and oxygen atoms in total. The van der Waals surface area contributed by atoms with Gasteiger partial charge in [0.15, 0.2) is 0 Å². The summed E-state index contributed by atoms with van der Waals surface area (Å²) in [6.45, 7) is 10.8. The molecule has 1 amide bonds. The van der Waals surface area contributed by atoms with Crippen molar-refractivity contribution in [2.45, 2.75) is 32.2 Å². The lowest BCUT2D eigenvalue weighted by Crippen LogP contribution is -2.48. The Morgan fingerprint density at radius 2 is 1.86 bits per heavy atom. The molecule has 2 heterocycles. The van der Waals surface area contributed by atoms with E-state index in [1.807, 2.05) is 0 Å². The third-order valence-electron chi connectivity index (χ3n) is 4.23. The summed E-state index contributed by atoms with van der Waals surface area (Å²) in [5, 5.41) is 6.47. The number of nitrogens with zero attached hydrogens (tertiary/aromatic N) is 2. The molecule has 0 aromatic heterocycles. The standard InChI is InChI=1S/C14H28N4O.2ClH/c1-2-17-8-10-18(11-9-17)7-5-14(19)16-13-4-3-6-15-12-13;;/h13,15H,2-12H2,1H3,(H,16,19);2*1H. The number of amides is 1. The van der Waals surface area contributed by atoms with Crippen molar-refractivity contribution in [3.63, 3.8) is 0 Å². The highest BCUT2D eigenvalue weighted by Crippen LogP contribution is 2.04. The zero-order valence-corrected chi connectivity index (χ0v) is 14.6. The summed E-state index contributed by atoms with van der Waals surface area (Å²) in [7, 11) is 0. The Labute approximate surface area is 141 Å². The third kappa shape index (κ3) is 7.66. The maximum absolute atomic E-state index is 11.9. The second kappa shape index (κ2) is 11.5. The van der Waals surface area contributed by atoms with Crippen molar-refractivity contribution < 1.29 is 4.79 Å². The topological polar surface area (TPSA) is 47.6 Å². The molecule has 2 rings (SSSR count). The minimum Gasteiger partial charge on any atom is -0.352 e. The number of nitrogens with one attached hydrogen (secondary N) is 2. The normalized spacial score (nSPS) is 23.8. The highest BCUT2D eigenvalue weighted by Gasteiger charge is 2.18. The fourth-order valence-electron chi connectivity index (χ4n) is 2.86. The van der Waals surface area contributed by atoms with Gasteiger partial charge in [-0.3, -0.25) is 4.79 Å². The Balaban J connectivity index is 0.00000200. The molecule has 0 aromatic rings. The van der Waals surface area contributed by atoms with Crippen LogP contribution in [-0.2, 0) is 4.79 Å². The second-order valence-electron chi connectivity index (χ2n) is 5.64. The van der Waals surface area contributed by atoms with Crippen LogP contribution in [0.15, 0.2) is 0 Å². The first-order chi connectivity index (χ1) is 9.28. The van der Waals surface area contributed by atoms with Crippen LogP contribution in [0.2, 0.25) is 0 Å². The molecule has 2 saturated heterocycles. The van der Waals surface area contributed by atoms with E-state index in [4.69, 9.17) is 0 Å². The number of hydrogen-bond donors (Lipinski definition) is 2. The van der Waals surface area contributed by atoms with Gasteiger partial charge in [-0.1, -0.05) is 6.92 Å². The summed E-state index contributed by atoms with van der Waals surface area (Å²) in [6, 6.07) is 0.346. The zero-order chi connectivity index (χ0) is 13.5. The predicted molar refractivity (Wildman–Crippen MR) is 91.7 cm³/mol. The Morgan fingerprint density at radius 1 is 1.19 bits per heavy atom. The molecule has 0 radical (unpaired) electrons. The third-order valence-corrected chi connectivity index (χ3v) is 4.23. The van der Waals surface area contributed by atoms with Gasteiger partial charge < -0.3 is 20.4 Å². The van der Waals surface area contributed by atoms with Gasteiger partial charge in [-0.15, -0.1) is 24.8 Å². The van der Waals surface area contributed by atoms with Gasteiger partial charge in [0.25, 0.3) is 0 Å². The smallest absolute Gasteiger partial charge is 0.221 e. The predicted octanol–water partition coefficient (Wildman–Crippen LogP) is 0.726. The van der Waals surface area contributed by atoms with E-state index < -0.39 is 0 Å². The van der Waals surface area contributed by atoms with Crippen molar-refractivity contribution in [2.24, 2.45) is 0 Å². The van der Waals surface area contributed by atoms with Crippen molar-refractivity contribution in [3.8, 4) is 0 Å². The molecule has 0 aromatic carbocycles. The molecular formula is C14H30Cl2N4O. The number of piperidine rings is 1. The fourth-order valence-corrected chi connectivity index (χ4v) is 2.86. The molecule has 0 aliphatic carbocycles. The van der Waals surface area contributed by atoms with Crippen LogP contribution in [0.5, 0.6) is 0 Å². The van der Waals surface area contributed by atoms with Gasteiger partial charge in [-0.2, -0.15) is 0 Å². The summed E-state index contributed by atoms with van der Waals surface area (Å²) in [5.41, 5.74) is 0. The van der Waals surface area contributed by atoms with Gasteiger partial charge in [0.1, 0.15) is 0 Å². The van der Waals surface area contributed by atoms with Crippen LogP contribution in [0.25, 0.3) is 0 Å². The Morgan fingerprint density at radius 3 is 2.43 bits per heavy atom.